The molecule has 6 aromatic rings. The number of nitrogens with two attached hydrogens (primary N) is 2. The third-order valence-electron chi connectivity index (χ3n) is 17.4. The Labute approximate surface area is 465 Å². The number of phenolic OH excluding ortho intramolecular Hbond substituents is 2. The molecule has 16 nitrogen and oxygen atoms in total. The first-order valence-corrected chi connectivity index (χ1v) is 28.1. The average Bonchev–Trinajstić information content (AvgIpc) is 3.73. The van der Waals surface area contributed by atoms with E-state index in [1.165, 1.54) is 0 Å². The first-order valence-electron chi connectivity index (χ1n) is 28.1. The van der Waals surface area contributed by atoms with Gasteiger partial charge >= 0.3 is 0 Å². The molecule has 2 aromatic carbocycles. The lowest BCUT2D eigenvalue weighted by atomic mass is 9.94. The van der Waals surface area contributed by atoms with Gasteiger partial charge in [0.25, 0.3) is 5.92 Å². The number of hydrogen-bond acceptors (Lipinski definition) is 16. The van der Waals surface area contributed by atoms with Gasteiger partial charge in [-0.15, -0.1) is 20.4 Å². The number of aromatic hydroxyl groups is 2. The van der Waals surface area contributed by atoms with Crippen LogP contribution in [0.15, 0.2) is 91.3 Å². The van der Waals surface area contributed by atoms with Crippen molar-refractivity contribution in [3.63, 3.8) is 0 Å². The molecule has 0 saturated carbocycles. The summed E-state index contributed by atoms with van der Waals surface area (Å²) in [6.07, 6.45) is 8.13. The molecule has 80 heavy (non-hydrogen) atoms. The van der Waals surface area contributed by atoms with Crippen LogP contribution >= 0.6 is 0 Å². The van der Waals surface area contributed by atoms with E-state index in [0.717, 1.165) is 92.9 Å². The largest absolute Gasteiger partial charge is 0.507 e. The third-order valence-corrected chi connectivity index (χ3v) is 17.4. The highest BCUT2D eigenvalue weighted by molar-refractivity contribution is 5.77. The Morgan fingerprint density at radius 1 is 0.625 bits per heavy atom. The van der Waals surface area contributed by atoms with Gasteiger partial charge in [0.1, 0.15) is 22.9 Å². The van der Waals surface area contributed by atoms with Crippen LogP contribution in [0.5, 0.6) is 11.5 Å². The maximum atomic E-state index is 14.2. The van der Waals surface area contributed by atoms with E-state index < -0.39 is 18.5 Å². The fraction of sp³-hybridized carbons (Fsp3) is 0.443. The van der Waals surface area contributed by atoms with Gasteiger partial charge in [-0.3, -0.25) is 9.80 Å². The highest BCUT2D eigenvalue weighted by Crippen LogP contribution is 2.44. The number of nitrogens with zero attached hydrogens (tertiary/aromatic N) is 12. The van der Waals surface area contributed by atoms with Gasteiger partial charge in [0.15, 0.2) is 17.8 Å². The van der Waals surface area contributed by atoms with Crippen molar-refractivity contribution in [3.8, 4) is 57.7 Å². The summed E-state index contributed by atoms with van der Waals surface area (Å²) in [5.74, 6) is 11.3. The third kappa shape index (κ3) is 10.8. The first kappa shape index (κ1) is 52.8. The standard InChI is InChI=1S/C61H67F3N14O2/c1-39-14-19-53(74(29-22-39)28-6-9-41-31-43(21-25-68-41)78-44-15-16-45(78)35-75(34-44)54-32-51(69-71-59(54)65)48-10-2-3-13-56(48)79)50-12-4-11-49(58(50)80)52-33-55(60(66)72-70-52)76-36-46-17-18-47(37-76)77(46)42-20-24-67-40(30-42)8-5-26-73-27-7-23-61(63,64)57(62)38-73/h2-4,10-13,20-21,24-25,30-33,39,44-47,53,57,79-80H,7,14-19,22-23,26-29,34-38H2,1H3,(H2,65,71)(H2,66,72). The minimum absolute atomic E-state index is 0.0802. The van der Waals surface area contributed by atoms with Crippen molar-refractivity contribution < 1.29 is 23.4 Å². The fourth-order valence-electron chi connectivity index (χ4n) is 13.2. The predicted octanol–water partition coefficient (Wildman–Crippen LogP) is 8.32. The van der Waals surface area contributed by atoms with Gasteiger partial charge in [-0.2, -0.15) is 0 Å². The van der Waals surface area contributed by atoms with E-state index in [9.17, 15) is 23.4 Å². The van der Waals surface area contributed by atoms with Gasteiger partial charge in [-0.25, -0.2) is 23.1 Å². The van der Waals surface area contributed by atoms with Crippen molar-refractivity contribution >= 4 is 34.4 Å². The molecular formula is C61H67F3N14O2. The summed E-state index contributed by atoms with van der Waals surface area (Å²) < 4.78 is 42.1. The van der Waals surface area contributed by atoms with Crippen molar-refractivity contribution in [2.45, 2.75) is 107 Å². The Hall–Kier alpha value is -7.87. The van der Waals surface area contributed by atoms with Crippen LogP contribution in [-0.4, -0.2) is 146 Å². The van der Waals surface area contributed by atoms with Crippen molar-refractivity contribution in [2.24, 2.45) is 5.92 Å². The number of rotatable bonds is 9. The van der Waals surface area contributed by atoms with Crippen LogP contribution < -0.4 is 31.1 Å². The van der Waals surface area contributed by atoms with Gasteiger partial charge in [0.05, 0.1) is 35.9 Å². The molecule has 6 aliphatic rings. The van der Waals surface area contributed by atoms with Crippen LogP contribution in [0.25, 0.3) is 22.5 Å². The number of alkyl halides is 3. The molecule has 19 heteroatoms. The zero-order valence-corrected chi connectivity index (χ0v) is 45.0. The molecule has 6 aliphatic heterocycles. The van der Waals surface area contributed by atoms with E-state index >= 15 is 0 Å². The molecular weight excluding hydrogens is 1020 g/mol. The quantitative estimate of drug-likeness (QED) is 0.101. The van der Waals surface area contributed by atoms with Crippen LogP contribution in [-0.2, 0) is 0 Å². The van der Waals surface area contributed by atoms with Crippen LogP contribution in [0.2, 0.25) is 0 Å². The average molecular weight is 1090 g/mol. The van der Waals surface area contributed by atoms with Crippen LogP contribution in [0.1, 0.15) is 87.7 Å². The Balaban J connectivity index is 0.716. The lowest BCUT2D eigenvalue weighted by molar-refractivity contribution is -0.0761. The summed E-state index contributed by atoms with van der Waals surface area (Å²) >= 11 is 0. The van der Waals surface area contributed by atoms with E-state index in [2.05, 4.69) is 92.6 Å². The molecule has 7 unspecified atom stereocenters. The molecule has 6 N–H and O–H groups in total. The number of benzene rings is 2. The number of pyridine rings is 2. The number of phenols is 2. The first-order chi connectivity index (χ1) is 38.8. The Bertz CT molecular complexity index is 3350. The van der Waals surface area contributed by atoms with Crippen molar-refractivity contribution in [2.75, 3.05) is 90.0 Å². The second-order valence-electron chi connectivity index (χ2n) is 22.6. The highest BCUT2D eigenvalue weighted by Gasteiger charge is 2.44. The Morgan fingerprint density at radius 2 is 1.19 bits per heavy atom. The number of anilines is 6. The number of para-hydroxylation sites is 2. The summed E-state index contributed by atoms with van der Waals surface area (Å²) in [4.78, 5) is 22.8. The van der Waals surface area contributed by atoms with Crippen molar-refractivity contribution in [3.05, 3.63) is 108 Å². The number of fused-ring (bicyclic) bond motifs is 4. The number of piperazine rings is 2. The molecule has 6 saturated heterocycles. The van der Waals surface area contributed by atoms with E-state index in [1.807, 2.05) is 60.8 Å². The summed E-state index contributed by atoms with van der Waals surface area (Å²) in [5, 5.41) is 40.4. The van der Waals surface area contributed by atoms with Gasteiger partial charge in [-0.1, -0.05) is 43.0 Å². The topological polar surface area (TPSA) is 189 Å². The van der Waals surface area contributed by atoms with E-state index in [1.54, 1.807) is 23.2 Å². The second-order valence-corrected chi connectivity index (χ2v) is 22.6. The summed E-state index contributed by atoms with van der Waals surface area (Å²) in [5.41, 5.74) is 21.2. The lowest BCUT2D eigenvalue weighted by Crippen LogP contribution is -2.54. The molecule has 4 bridgehead atoms. The lowest BCUT2D eigenvalue weighted by Gasteiger charge is -2.43. The molecule has 414 valence electrons. The maximum absolute atomic E-state index is 14.2. The maximum Gasteiger partial charge on any atom is 0.280 e. The minimum Gasteiger partial charge on any atom is -0.507 e. The molecule has 0 radical (unpaired) electrons. The van der Waals surface area contributed by atoms with Crippen molar-refractivity contribution in [1.82, 2.24) is 40.2 Å². The Morgan fingerprint density at radius 3 is 1.79 bits per heavy atom. The smallest absolute Gasteiger partial charge is 0.280 e. The normalized spacial score (nSPS) is 24.8. The summed E-state index contributed by atoms with van der Waals surface area (Å²) in [7, 11) is 0. The number of likely N-dealkylation sites (tertiary alicyclic amines) is 2. The second kappa shape index (κ2) is 22.3. The zero-order valence-electron chi connectivity index (χ0n) is 45.0. The van der Waals surface area contributed by atoms with E-state index in [0.29, 0.717) is 77.6 Å². The molecule has 4 aromatic heterocycles. The summed E-state index contributed by atoms with van der Waals surface area (Å²) in [6.45, 7) is 6.80. The molecule has 0 amide bonds. The van der Waals surface area contributed by atoms with E-state index in [4.69, 9.17) is 16.5 Å². The fourth-order valence-corrected chi connectivity index (χ4v) is 13.2. The van der Waals surface area contributed by atoms with Gasteiger partial charge in [-0.05, 0) is 137 Å². The molecule has 6 fully saturated rings. The molecule has 7 atom stereocenters. The van der Waals surface area contributed by atoms with Crippen LogP contribution in [0.3, 0.4) is 0 Å². The van der Waals surface area contributed by atoms with Gasteiger partial charge in [0.2, 0.25) is 0 Å². The number of halogens is 3. The minimum atomic E-state index is -3.30. The number of hydrogen-bond donors (Lipinski definition) is 4. The molecule has 10 heterocycles. The SMILES string of the molecule is CC1CCC(c2cccc(-c3cc(N4CC5CCC(C4)N5c4ccnc(C#CCN5CCCC(F)(F)C(F)C5)c4)c(N)nn3)c2O)N(CC#Cc2cc(N3C4CCC3CN(c3cc(-c5ccccc5O)nnc3N)C4)ccn2)CC1. The zero-order chi connectivity index (χ0) is 55.1. The summed E-state index contributed by atoms with van der Waals surface area (Å²) in [6, 6.07) is 25.9. The molecule has 0 spiro atoms. The van der Waals surface area contributed by atoms with Crippen LogP contribution in [0, 0.1) is 29.6 Å². The monoisotopic (exact) mass is 1080 g/mol. The molecule has 12 rings (SSSR count). The van der Waals surface area contributed by atoms with Crippen LogP contribution in [0.4, 0.5) is 47.6 Å². The van der Waals surface area contributed by atoms with Gasteiger partial charge < -0.3 is 41.3 Å². The Kier molecular flexibility index (Phi) is 14.7. The molecule has 0 aliphatic carbocycles. The number of aromatic nitrogens is 6. The highest BCUT2D eigenvalue weighted by atomic mass is 19.3. The van der Waals surface area contributed by atoms with Gasteiger partial charge in [0, 0.05) is 110 Å². The number of nitrogen functional groups attached to an aromatic ring is 2. The van der Waals surface area contributed by atoms with Crippen molar-refractivity contribution in [1.29, 1.82) is 0 Å². The van der Waals surface area contributed by atoms with E-state index in [-0.39, 0.29) is 61.2 Å². The predicted molar refractivity (Wildman–Crippen MR) is 305 cm³/mol.